The molecule has 1 aromatic carbocycles. The molecule has 1 aliphatic heterocycles. The van der Waals surface area contributed by atoms with Gasteiger partial charge in [0.05, 0.1) is 6.61 Å². The van der Waals surface area contributed by atoms with Crippen LogP contribution in [0.5, 0.6) is 5.75 Å². The molecule has 0 radical (unpaired) electrons. The first-order chi connectivity index (χ1) is 10.3. The predicted molar refractivity (Wildman–Crippen MR) is 86.1 cm³/mol. The van der Waals surface area contributed by atoms with Crippen molar-refractivity contribution in [1.29, 1.82) is 0 Å². The van der Waals surface area contributed by atoms with Crippen LogP contribution in [0.1, 0.15) is 18.9 Å². The Kier molecular flexibility index (Phi) is 6.29. The summed E-state index contributed by atoms with van der Waals surface area (Å²) < 4.78 is 5.76. The number of aliphatic hydroxyl groups is 1. The molecular weight excluding hydrogens is 266 g/mol. The lowest BCUT2D eigenvalue weighted by Gasteiger charge is -2.37. The van der Waals surface area contributed by atoms with Gasteiger partial charge in [-0.25, -0.2) is 0 Å². The van der Waals surface area contributed by atoms with Crippen LogP contribution < -0.4 is 20.7 Å². The molecule has 0 saturated carbocycles. The predicted octanol–water partition coefficient (Wildman–Crippen LogP) is 0.747. The van der Waals surface area contributed by atoms with Crippen LogP contribution in [0.3, 0.4) is 0 Å². The molecule has 5 heteroatoms. The lowest BCUT2D eigenvalue weighted by Crippen LogP contribution is -2.50. The molecule has 1 aliphatic rings. The smallest absolute Gasteiger partial charge is 0.121 e. The van der Waals surface area contributed by atoms with Crippen LogP contribution in [0.4, 0.5) is 5.69 Å². The number of nitrogens with zero attached hydrogens (tertiary/aromatic N) is 1. The van der Waals surface area contributed by atoms with Crippen molar-refractivity contribution in [2.45, 2.75) is 25.8 Å². The maximum absolute atomic E-state index is 9.28. The first kappa shape index (κ1) is 16.1. The van der Waals surface area contributed by atoms with Crippen molar-refractivity contribution in [1.82, 2.24) is 5.32 Å². The van der Waals surface area contributed by atoms with E-state index in [0.717, 1.165) is 31.8 Å². The molecular formula is C16H27N3O2. The molecule has 118 valence electrons. The number of nitrogens with two attached hydrogens (primary N) is 1. The van der Waals surface area contributed by atoms with Crippen molar-refractivity contribution in [2.75, 3.05) is 44.3 Å². The van der Waals surface area contributed by atoms with Crippen LogP contribution in [0.2, 0.25) is 0 Å². The van der Waals surface area contributed by atoms with Gasteiger partial charge in [-0.1, -0.05) is 6.07 Å². The SMILES string of the molecule is CC1CNCCN1c1cc(OCCCN)ccc1CCO. The Bertz CT molecular complexity index is 440. The third-order valence-electron chi connectivity index (χ3n) is 3.87. The van der Waals surface area contributed by atoms with E-state index in [2.05, 4.69) is 29.3 Å². The molecule has 1 unspecified atom stereocenters. The summed E-state index contributed by atoms with van der Waals surface area (Å²) in [7, 11) is 0. The van der Waals surface area contributed by atoms with Crippen molar-refractivity contribution in [3.63, 3.8) is 0 Å². The highest BCUT2D eigenvalue weighted by Crippen LogP contribution is 2.29. The number of piperazine rings is 1. The minimum Gasteiger partial charge on any atom is -0.493 e. The second-order valence-corrected chi connectivity index (χ2v) is 5.50. The number of hydrogen-bond donors (Lipinski definition) is 3. The number of benzene rings is 1. The summed E-state index contributed by atoms with van der Waals surface area (Å²) in [5.41, 5.74) is 7.86. The average Bonchev–Trinajstić information content (AvgIpc) is 2.50. The highest BCUT2D eigenvalue weighted by atomic mass is 16.5. The van der Waals surface area contributed by atoms with E-state index in [1.165, 1.54) is 11.3 Å². The number of nitrogens with one attached hydrogen (secondary N) is 1. The molecule has 1 heterocycles. The minimum absolute atomic E-state index is 0.168. The molecule has 1 aromatic rings. The van der Waals surface area contributed by atoms with Gasteiger partial charge in [0.25, 0.3) is 0 Å². The Morgan fingerprint density at radius 1 is 1.48 bits per heavy atom. The summed E-state index contributed by atoms with van der Waals surface area (Å²) in [6.07, 6.45) is 1.53. The van der Waals surface area contributed by atoms with E-state index in [1.807, 2.05) is 6.07 Å². The fraction of sp³-hybridized carbons (Fsp3) is 0.625. The second-order valence-electron chi connectivity index (χ2n) is 5.50. The molecule has 0 bridgehead atoms. The van der Waals surface area contributed by atoms with Crippen LogP contribution in [0.15, 0.2) is 18.2 Å². The molecule has 1 saturated heterocycles. The van der Waals surface area contributed by atoms with Gasteiger partial charge in [-0.2, -0.15) is 0 Å². The van der Waals surface area contributed by atoms with Crippen molar-refractivity contribution in [2.24, 2.45) is 5.73 Å². The monoisotopic (exact) mass is 293 g/mol. The van der Waals surface area contributed by atoms with Gasteiger partial charge in [-0.15, -0.1) is 0 Å². The van der Waals surface area contributed by atoms with E-state index in [-0.39, 0.29) is 6.61 Å². The van der Waals surface area contributed by atoms with Crippen LogP contribution in [0, 0.1) is 0 Å². The fourth-order valence-corrected chi connectivity index (χ4v) is 2.70. The van der Waals surface area contributed by atoms with Gasteiger partial charge in [-0.3, -0.25) is 0 Å². The normalized spacial score (nSPS) is 18.8. The minimum atomic E-state index is 0.168. The maximum Gasteiger partial charge on any atom is 0.121 e. The van der Waals surface area contributed by atoms with Crippen LogP contribution in [0.25, 0.3) is 0 Å². The third-order valence-corrected chi connectivity index (χ3v) is 3.87. The molecule has 21 heavy (non-hydrogen) atoms. The molecule has 5 nitrogen and oxygen atoms in total. The largest absolute Gasteiger partial charge is 0.493 e. The van der Waals surface area contributed by atoms with Gasteiger partial charge < -0.3 is 25.8 Å². The molecule has 0 amide bonds. The molecule has 0 spiro atoms. The van der Waals surface area contributed by atoms with Gasteiger partial charge in [0, 0.05) is 44.0 Å². The number of anilines is 1. The molecule has 1 atom stereocenters. The van der Waals surface area contributed by atoms with E-state index in [9.17, 15) is 5.11 Å². The third kappa shape index (κ3) is 4.33. The zero-order valence-electron chi connectivity index (χ0n) is 12.8. The molecule has 2 rings (SSSR count). The average molecular weight is 293 g/mol. The Morgan fingerprint density at radius 2 is 2.33 bits per heavy atom. The van der Waals surface area contributed by atoms with Gasteiger partial charge in [0.15, 0.2) is 0 Å². The molecule has 4 N–H and O–H groups in total. The molecule has 0 aromatic heterocycles. The van der Waals surface area contributed by atoms with Gasteiger partial charge in [0.2, 0.25) is 0 Å². The zero-order valence-corrected chi connectivity index (χ0v) is 12.8. The van der Waals surface area contributed by atoms with Gasteiger partial charge in [0.1, 0.15) is 5.75 Å². The van der Waals surface area contributed by atoms with Crippen LogP contribution in [-0.4, -0.2) is 50.5 Å². The summed E-state index contributed by atoms with van der Waals surface area (Å²) in [6.45, 7) is 6.62. The Hall–Kier alpha value is -1.30. The summed E-state index contributed by atoms with van der Waals surface area (Å²) >= 11 is 0. The topological polar surface area (TPSA) is 70.8 Å². The van der Waals surface area contributed by atoms with Crippen molar-refractivity contribution in [3.8, 4) is 5.75 Å². The van der Waals surface area contributed by atoms with E-state index < -0.39 is 0 Å². The van der Waals surface area contributed by atoms with Gasteiger partial charge >= 0.3 is 0 Å². The number of ether oxygens (including phenoxy) is 1. The zero-order chi connectivity index (χ0) is 15.1. The van der Waals surface area contributed by atoms with E-state index >= 15 is 0 Å². The quantitative estimate of drug-likeness (QED) is 0.647. The van der Waals surface area contributed by atoms with Crippen LogP contribution in [-0.2, 0) is 6.42 Å². The molecule has 0 aliphatic carbocycles. The summed E-state index contributed by atoms with van der Waals surface area (Å²) in [4.78, 5) is 2.40. The fourth-order valence-electron chi connectivity index (χ4n) is 2.70. The summed E-state index contributed by atoms with van der Waals surface area (Å²) in [5, 5.41) is 12.7. The number of hydrogen-bond acceptors (Lipinski definition) is 5. The molecule has 1 fully saturated rings. The Labute approximate surface area is 127 Å². The lowest BCUT2D eigenvalue weighted by molar-refractivity contribution is 0.299. The Balaban J connectivity index is 2.19. The maximum atomic E-state index is 9.28. The second kappa shape index (κ2) is 8.22. The summed E-state index contributed by atoms with van der Waals surface area (Å²) in [5.74, 6) is 0.880. The van der Waals surface area contributed by atoms with Gasteiger partial charge in [-0.05, 0) is 37.9 Å². The first-order valence-corrected chi connectivity index (χ1v) is 7.80. The lowest BCUT2D eigenvalue weighted by atomic mass is 10.1. The standard InChI is InChI=1S/C16H27N3O2/c1-13-12-18-7-8-19(13)16-11-15(21-10-2-6-17)4-3-14(16)5-9-20/h3-4,11,13,18,20H,2,5-10,12,17H2,1H3. The number of aliphatic hydroxyl groups excluding tert-OH is 1. The first-order valence-electron chi connectivity index (χ1n) is 7.80. The van der Waals surface area contributed by atoms with Crippen molar-refractivity contribution in [3.05, 3.63) is 23.8 Å². The number of rotatable bonds is 7. The highest BCUT2D eigenvalue weighted by Gasteiger charge is 2.21. The highest BCUT2D eigenvalue weighted by molar-refractivity contribution is 5.58. The van der Waals surface area contributed by atoms with Crippen molar-refractivity contribution < 1.29 is 9.84 Å². The van der Waals surface area contributed by atoms with E-state index in [0.29, 0.717) is 25.6 Å². The van der Waals surface area contributed by atoms with Crippen molar-refractivity contribution >= 4 is 5.69 Å². The van der Waals surface area contributed by atoms with E-state index in [4.69, 9.17) is 10.5 Å². The Morgan fingerprint density at radius 3 is 3.05 bits per heavy atom. The van der Waals surface area contributed by atoms with Crippen LogP contribution >= 0.6 is 0 Å². The van der Waals surface area contributed by atoms with E-state index in [1.54, 1.807) is 0 Å². The summed E-state index contributed by atoms with van der Waals surface area (Å²) in [6, 6.07) is 6.59.